The van der Waals surface area contributed by atoms with Gasteiger partial charge in [0.2, 0.25) is 5.71 Å². The molecule has 1 N–H and O–H groups in total. The van der Waals surface area contributed by atoms with Crippen LogP contribution in [0.5, 0.6) is 0 Å². The van der Waals surface area contributed by atoms with E-state index >= 15 is 0 Å². The standard InChI is InChI=1S/C16H14N4O2/c1-9-6-14(21)15-10(2)19-20(16(15)22-9)12-5-4-11(8-17)13(7-12)18-3/h4-7,18H,1-3H3. The lowest BCUT2D eigenvalue weighted by atomic mass is 10.1. The van der Waals surface area contributed by atoms with Crippen LogP contribution >= 0.6 is 0 Å². The van der Waals surface area contributed by atoms with Crippen LogP contribution in [0.15, 0.2) is 33.5 Å². The van der Waals surface area contributed by atoms with Crippen LogP contribution < -0.4 is 10.7 Å². The lowest BCUT2D eigenvalue weighted by Gasteiger charge is -2.07. The van der Waals surface area contributed by atoms with Gasteiger partial charge in [0.05, 0.1) is 22.6 Å². The van der Waals surface area contributed by atoms with Crippen molar-refractivity contribution in [1.82, 2.24) is 9.78 Å². The fourth-order valence-electron chi connectivity index (χ4n) is 2.47. The van der Waals surface area contributed by atoms with E-state index in [1.165, 1.54) is 6.07 Å². The van der Waals surface area contributed by atoms with Gasteiger partial charge in [-0.15, -0.1) is 0 Å². The van der Waals surface area contributed by atoms with Crippen LogP contribution in [0.1, 0.15) is 17.0 Å². The summed E-state index contributed by atoms with van der Waals surface area (Å²) in [4.78, 5) is 12.1. The molecule has 3 rings (SSSR count). The molecule has 0 unspecified atom stereocenters. The lowest BCUT2D eigenvalue weighted by Crippen LogP contribution is -2.02. The molecule has 0 aliphatic heterocycles. The van der Waals surface area contributed by atoms with Crippen LogP contribution in [0.4, 0.5) is 5.69 Å². The predicted octanol–water partition coefficient (Wildman–Crippen LogP) is 2.51. The second-order valence-corrected chi connectivity index (χ2v) is 4.99. The first-order valence-electron chi connectivity index (χ1n) is 6.77. The van der Waals surface area contributed by atoms with Crippen molar-refractivity contribution in [1.29, 1.82) is 5.26 Å². The van der Waals surface area contributed by atoms with E-state index in [9.17, 15) is 4.79 Å². The summed E-state index contributed by atoms with van der Waals surface area (Å²) in [6, 6.07) is 8.85. The average molecular weight is 294 g/mol. The highest BCUT2D eigenvalue weighted by molar-refractivity contribution is 5.78. The summed E-state index contributed by atoms with van der Waals surface area (Å²) in [5, 5.41) is 16.9. The number of hydrogen-bond acceptors (Lipinski definition) is 5. The van der Waals surface area contributed by atoms with Crippen molar-refractivity contribution in [3.63, 3.8) is 0 Å². The molecule has 0 spiro atoms. The zero-order chi connectivity index (χ0) is 15.9. The molecule has 0 bridgehead atoms. The largest absolute Gasteiger partial charge is 0.443 e. The van der Waals surface area contributed by atoms with Gasteiger partial charge in [0.15, 0.2) is 5.43 Å². The highest BCUT2D eigenvalue weighted by Gasteiger charge is 2.16. The minimum absolute atomic E-state index is 0.106. The minimum atomic E-state index is -0.106. The van der Waals surface area contributed by atoms with Gasteiger partial charge < -0.3 is 9.73 Å². The first-order valence-corrected chi connectivity index (χ1v) is 6.77. The normalized spacial score (nSPS) is 10.6. The van der Waals surface area contributed by atoms with Gasteiger partial charge in [-0.05, 0) is 32.0 Å². The number of nitriles is 1. The Labute approximate surface area is 126 Å². The fraction of sp³-hybridized carbons (Fsp3) is 0.188. The van der Waals surface area contributed by atoms with E-state index in [1.807, 2.05) is 0 Å². The fourth-order valence-corrected chi connectivity index (χ4v) is 2.47. The third-order valence-corrected chi connectivity index (χ3v) is 3.49. The van der Waals surface area contributed by atoms with Crippen molar-refractivity contribution in [3.05, 3.63) is 51.5 Å². The molecule has 0 fully saturated rings. The van der Waals surface area contributed by atoms with Gasteiger partial charge in [-0.25, -0.2) is 0 Å². The van der Waals surface area contributed by atoms with Crippen molar-refractivity contribution < 1.29 is 4.42 Å². The molecule has 2 heterocycles. The summed E-state index contributed by atoms with van der Waals surface area (Å²) in [5.41, 5.74) is 2.86. The topological polar surface area (TPSA) is 83.8 Å². The average Bonchev–Trinajstić information content (AvgIpc) is 2.83. The summed E-state index contributed by atoms with van der Waals surface area (Å²) in [6.07, 6.45) is 0. The van der Waals surface area contributed by atoms with Crippen molar-refractivity contribution in [2.45, 2.75) is 13.8 Å². The summed E-state index contributed by atoms with van der Waals surface area (Å²) in [7, 11) is 1.75. The first-order chi connectivity index (χ1) is 10.5. The maximum Gasteiger partial charge on any atom is 0.233 e. The Morgan fingerprint density at radius 1 is 1.32 bits per heavy atom. The van der Waals surface area contributed by atoms with E-state index < -0.39 is 0 Å². The van der Waals surface area contributed by atoms with E-state index in [-0.39, 0.29) is 5.43 Å². The molecule has 6 nitrogen and oxygen atoms in total. The molecule has 6 heteroatoms. The molecule has 0 amide bonds. The van der Waals surface area contributed by atoms with E-state index in [1.54, 1.807) is 43.8 Å². The zero-order valence-electron chi connectivity index (χ0n) is 12.5. The highest BCUT2D eigenvalue weighted by Crippen LogP contribution is 2.24. The van der Waals surface area contributed by atoms with Crippen LogP contribution in [0.2, 0.25) is 0 Å². The van der Waals surface area contributed by atoms with Gasteiger partial charge in [-0.3, -0.25) is 4.79 Å². The molecule has 110 valence electrons. The van der Waals surface area contributed by atoms with E-state index in [0.29, 0.717) is 33.8 Å². The van der Waals surface area contributed by atoms with Crippen LogP contribution in [-0.4, -0.2) is 16.8 Å². The van der Waals surface area contributed by atoms with Crippen LogP contribution in [0.25, 0.3) is 16.8 Å². The van der Waals surface area contributed by atoms with E-state index in [2.05, 4.69) is 16.5 Å². The Balaban J connectivity index is 2.32. The predicted molar refractivity (Wildman–Crippen MR) is 83.3 cm³/mol. The van der Waals surface area contributed by atoms with Crippen LogP contribution in [-0.2, 0) is 0 Å². The Kier molecular flexibility index (Phi) is 3.18. The number of anilines is 1. The minimum Gasteiger partial charge on any atom is -0.443 e. The molecule has 1 aromatic carbocycles. The monoisotopic (exact) mass is 294 g/mol. The van der Waals surface area contributed by atoms with Crippen molar-refractivity contribution in [3.8, 4) is 11.8 Å². The van der Waals surface area contributed by atoms with Gasteiger partial charge in [-0.2, -0.15) is 15.0 Å². The molecular formula is C16H14N4O2. The van der Waals surface area contributed by atoms with Gasteiger partial charge >= 0.3 is 0 Å². The molecule has 22 heavy (non-hydrogen) atoms. The Morgan fingerprint density at radius 2 is 2.09 bits per heavy atom. The summed E-state index contributed by atoms with van der Waals surface area (Å²) < 4.78 is 7.28. The molecular weight excluding hydrogens is 280 g/mol. The molecule has 0 atom stereocenters. The van der Waals surface area contributed by atoms with Gasteiger partial charge in [0, 0.05) is 13.1 Å². The van der Waals surface area contributed by atoms with Crippen molar-refractivity contribution in [2.75, 3.05) is 12.4 Å². The molecule has 0 aliphatic carbocycles. The number of hydrogen-bond donors (Lipinski definition) is 1. The number of nitrogens with one attached hydrogen (secondary N) is 1. The Morgan fingerprint density at radius 3 is 2.77 bits per heavy atom. The van der Waals surface area contributed by atoms with Crippen molar-refractivity contribution in [2.24, 2.45) is 0 Å². The number of aromatic nitrogens is 2. The molecule has 0 radical (unpaired) electrons. The number of nitrogens with zero attached hydrogens (tertiary/aromatic N) is 3. The number of benzene rings is 1. The molecule has 3 aromatic rings. The summed E-state index contributed by atoms with van der Waals surface area (Å²) >= 11 is 0. The SMILES string of the molecule is CNc1cc(-n2nc(C)c3c(=O)cc(C)oc32)ccc1C#N. The van der Waals surface area contributed by atoms with Gasteiger partial charge in [-0.1, -0.05) is 0 Å². The summed E-state index contributed by atoms with van der Waals surface area (Å²) in [5.74, 6) is 0.529. The molecule has 0 saturated carbocycles. The Bertz CT molecular complexity index is 976. The number of fused-ring (bicyclic) bond motifs is 1. The highest BCUT2D eigenvalue weighted by atomic mass is 16.3. The third-order valence-electron chi connectivity index (χ3n) is 3.49. The van der Waals surface area contributed by atoms with Crippen LogP contribution in [0, 0.1) is 25.2 Å². The molecule has 0 saturated heterocycles. The van der Waals surface area contributed by atoms with Crippen molar-refractivity contribution >= 4 is 16.8 Å². The second-order valence-electron chi connectivity index (χ2n) is 4.99. The first kappa shape index (κ1) is 13.9. The van der Waals surface area contributed by atoms with Gasteiger partial charge in [0.25, 0.3) is 0 Å². The molecule has 2 aromatic heterocycles. The second kappa shape index (κ2) is 5.04. The zero-order valence-corrected chi connectivity index (χ0v) is 12.5. The maximum atomic E-state index is 12.1. The summed E-state index contributed by atoms with van der Waals surface area (Å²) in [6.45, 7) is 3.50. The third kappa shape index (κ3) is 2.04. The quantitative estimate of drug-likeness (QED) is 0.785. The van der Waals surface area contributed by atoms with Gasteiger partial charge in [0.1, 0.15) is 17.2 Å². The number of rotatable bonds is 2. The Hall–Kier alpha value is -3.07. The van der Waals surface area contributed by atoms with Crippen LogP contribution in [0.3, 0.4) is 0 Å². The number of aryl methyl sites for hydroxylation is 2. The van der Waals surface area contributed by atoms with E-state index in [0.717, 1.165) is 5.69 Å². The smallest absolute Gasteiger partial charge is 0.233 e. The lowest BCUT2D eigenvalue weighted by molar-refractivity contribution is 0.539. The molecule has 0 aliphatic rings. The van der Waals surface area contributed by atoms with E-state index in [4.69, 9.17) is 9.68 Å². The maximum absolute atomic E-state index is 12.1.